The molecule has 0 aliphatic carbocycles. The molecule has 0 saturated carbocycles. The average Bonchev–Trinajstić information content (AvgIpc) is 2.76. The summed E-state index contributed by atoms with van der Waals surface area (Å²) in [7, 11) is 0. The molecule has 18 heavy (non-hydrogen) atoms. The second-order valence-electron chi connectivity index (χ2n) is 3.71. The van der Waals surface area contributed by atoms with Crippen LogP contribution in [-0.4, -0.2) is 4.98 Å². The van der Waals surface area contributed by atoms with Crippen molar-refractivity contribution in [1.82, 2.24) is 4.98 Å². The van der Waals surface area contributed by atoms with E-state index in [1.54, 1.807) is 18.2 Å². The van der Waals surface area contributed by atoms with E-state index in [2.05, 4.69) is 10.3 Å². The molecule has 1 aromatic heterocycles. The second-order valence-corrected chi connectivity index (χ2v) is 5.12. The zero-order valence-electron chi connectivity index (χ0n) is 9.15. The van der Waals surface area contributed by atoms with Gasteiger partial charge in [0.2, 0.25) is 0 Å². The van der Waals surface area contributed by atoms with Gasteiger partial charge >= 0.3 is 0 Å². The average molecular weight is 279 g/mol. The lowest BCUT2D eigenvalue weighted by molar-refractivity contribution is 0.632. The third-order valence-corrected chi connectivity index (χ3v) is 3.93. The van der Waals surface area contributed by atoms with E-state index in [1.807, 2.05) is 18.2 Å². The fraction of sp³-hybridized carbons (Fsp3) is 0. The highest BCUT2D eigenvalue weighted by Crippen LogP contribution is 2.33. The lowest BCUT2D eigenvalue weighted by Crippen LogP contribution is -1.91. The summed E-state index contributed by atoms with van der Waals surface area (Å²) in [6.07, 6.45) is 0. The summed E-state index contributed by atoms with van der Waals surface area (Å²) in [6.45, 7) is 0. The van der Waals surface area contributed by atoms with Gasteiger partial charge < -0.3 is 5.32 Å². The first-order chi connectivity index (χ1) is 8.74. The molecule has 5 heteroatoms. The predicted molar refractivity (Wildman–Crippen MR) is 74.3 cm³/mol. The predicted octanol–water partition coefficient (Wildman–Crippen LogP) is 4.83. The Morgan fingerprint density at radius 1 is 1.11 bits per heavy atom. The van der Waals surface area contributed by atoms with Crippen molar-refractivity contribution in [3.05, 3.63) is 53.3 Å². The van der Waals surface area contributed by atoms with Gasteiger partial charge in [0.1, 0.15) is 5.82 Å². The van der Waals surface area contributed by atoms with Crippen LogP contribution in [0.15, 0.2) is 42.5 Å². The number of hydrogen-bond donors (Lipinski definition) is 1. The number of hydrogen-bond acceptors (Lipinski definition) is 3. The fourth-order valence-corrected chi connectivity index (χ4v) is 2.81. The second kappa shape index (κ2) is 4.55. The van der Waals surface area contributed by atoms with Gasteiger partial charge in [-0.3, -0.25) is 0 Å². The first-order valence-electron chi connectivity index (χ1n) is 5.30. The summed E-state index contributed by atoms with van der Waals surface area (Å²) in [5.74, 6) is -0.303. The molecule has 2 aromatic carbocycles. The Labute approximate surface area is 112 Å². The van der Waals surface area contributed by atoms with Gasteiger partial charge in [-0.2, -0.15) is 0 Å². The first kappa shape index (κ1) is 11.4. The largest absolute Gasteiger partial charge is 0.329 e. The number of rotatable bonds is 2. The van der Waals surface area contributed by atoms with Gasteiger partial charge in [-0.05, 0) is 24.3 Å². The quantitative estimate of drug-likeness (QED) is 0.726. The van der Waals surface area contributed by atoms with Crippen molar-refractivity contribution in [3.63, 3.8) is 0 Å². The van der Waals surface area contributed by atoms with Crippen LogP contribution in [0.5, 0.6) is 0 Å². The van der Waals surface area contributed by atoms with Crippen LogP contribution in [-0.2, 0) is 0 Å². The number of thiazole rings is 1. The van der Waals surface area contributed by atoms with Crippen LogP contribution in [0.3, 0.4) is 0 Å². The fourth-order valence-electron chi connectivity index (χ4n) is 1.65. The van der Waals surface area contributed by atoms with Crippen molar-refractivity contribution >= 4 is 44.0 Å². The number of nitrogens with zero attached hydrogens (tertiary/aromatic N) is 1. The van der Waals surface area contributed by atoms with Gasteiger partial charge in [0, 0.05) is 0 Å². The van der Waals surface area contributed by atoms with E-state index in [-0.39, 0.29) is 5.82 Å². The van der Waals surface area contributed by atoms with Gasteiger partial charge in [-0.1, -0.05) is 41.1 Å². The molecular formula is C13H8ClFN2S. The van der Waals surface area contributed by atoms with Crippen LogP contribution in [0.2, 0.25) is 5.02 Å². The molecule has 1 N–H and O–H groups in total. The van der Waals surface area contributed by atoms with Crippen LogP contribution in [0.25, 0.3) is 10.2 Å². The van der Waals surface area contributed by atoms with Crippen molar-refractivity contribution < 1.29 is 4.39 Å². The monoisotopic (exact) mass is 278 g/mol. The summed E-state index contributed by atoms with van der Waals surface area (Å²) in [6, 6.07) is 12.0. The molecule has 0 saturated heterocycles. The minimum Gasteiger partial charge on any atom is -0.329 e. The Morgan fingerprint density at radius 3 is 2.72 bits per heavy atom. The molecule has 90 valence electrons. The highest BCUT2D eigenvalue weighted by Gasteiger charge is 2.08. The van der Waals surface area contributed by atoms with Crippen molar-refractivity contribution in [3.8, 4) is 0 Å². The van der Waals surface area contributed by atoms with E-state index in [4.69, 9.17) is 11.6 Å². The summed E-state index contributed by atoms with van der Waals surface area (Å²) in [5.41, 5.74) is 1.22. The summed E-state index contributed by atoms with van der Waals surface area (Å²) >= 11 is 7.48. The standard InChI is InChI=1S/C13H8ClFN2S/c14-8-4-3-7-11-12(8)18-13(17-11)16-10-6-2-1-5-9(10)15/h1-7H,(H,16,17). The Hall–Kier alpha value is -1.65. The normalized spacial score (nSPS) is 10.8. The van der Waals surface area contributed by atoms with E-state index in [0.29, 0.717) is 15.8 Å². The molecule has 3 aromatic rings. The molecule has 0 aliphatic rings. The maximum atomic E-state index is 13.5. The molecule has 0 unspecified atom stereocenters. The van der Waals surface area contributed by atoms with Crippen LogP contribution in [0, 0.1) is 5.82 Å². The van der Waals surface area contributed by atoms with Crippen LogP contribution >= 0.6 is 22.9 Å². The number of anilines is 2. The highest BCUT2D eigenvalue weighted by molar-refractivity contribution is 7.22. The third kappa shape index (κ3) is 2.05. The third-order valence-electron chi connectivity index (χ3n) is 2.48. The minimum absolute atomic E-state index is 0.303. The summed E-state index contributed by atoms with van der Waals surface area (Å²) < 4.78 is 14.4. The van der Waals surface area contributed by atoms with Crippen LogP contribution in [0.1, 0.15) is 0 Å². The number of halogens is 2. The van der Waals surface area contributed by atoms with Gasteiger partial charge in [-0.15, -0.1) is 0 Å². The van der Waals surface area contributed by atoms with Crippen molar-refractivity contribution in [2.24, 2.45) is 0 Å². The number of aromatic nitrogens is 1. The Bertz CT molecular complexity index is 711. The molecule has 3 rings (SSSR count). The molecule has 0 radical (unpaired) electrons. The van der Waals surface area contributed by atoms with E-state index < -0.39 is 0 Å². The van der Waals surface area contributed by atoms with Crippen molar-refractivity contribution in [2.45, 2.75) is 0 Å². The van der Waals surface area contributed by atoms with Gasteiger partial charge in [0.05, 0.1) is 20.9 Å². The van der Waals surface area contributed by atoms with E-state index in [1.165, 1.54) is 17.4 Å². The number of benzene rings is 2. The lowest BCUT2D eigenvalue weighted by Gasteiger charge is -2.02. The SMILES string of the molecule is Fc1ccccc1Nc1nc2cccc(Cl)c2s1. The summed E-state index contributed by atoms with van der Waals surface area (Å²) in [4.78, 5) is 4.37. The molecular weight excluding hydrogens is 271 g/mol. The molecule has 0 amide bonds. The van der Waals surface area contributed by atoms with Crippen LogP contribution < -0.4 is 5.32 Å². The molecule has 0 atom stereocenters. The zero-order valence-corrected chi connectivity index (χ0v) is 10.7. The molecule has 0 spiro atoms. The van der Waals surface area contributed by atoms with Gasteiger partial charge in [-0.25, -0.2) is 9.37 Å². The maximum absolute atomic E-state index is 13.5. The summed E-state index contributed by atoms with van der Waals surface area (Å²) in [5, 5.41) is 4.25. The van der Waals surface area contributed by atoms with Gasteiger partial charge in [0.15, 0.2) is 5.13 Å². The van der Waals surface area contributed by atoms with Gasteiger partial charge in [0.25, 0.3) is 0 Å². The highest BCUT2D eigenvalue weighted by atomic mass is 35.5. The van der Waals surface area contributed by atoms with Crippen molar-refractivity contribution in [2.75, 3.05) is 5.32 Å². The minimum atomic E-state index is -0.303. The Morgan fingerprint density at radius 2 is 1.94 bits per heavy atom. The topological polar surface area (TPSA) is 24.9 Å². The number of para-hydroxylation sites is 1. The number of nitrogens with one attached hydrogen (secondary N) is 1. The zero-order chi connectivity index (χ0) is 12.5. The maximum Gasteiger partial charge on any atom is 0.188 e. The van der Waals surface area contributed by atoms with Crippen LogP contribution in [0.4, 0.5) is 15.2 Å². The van der Waals surface area contributed by atoms with E-state index >= 15 is 0 Å². The Kier molecular flexibility index (Phi) is 2.89. The van der Waals surface area contributed by atoms with E-state index in [0.717, 1.165) is 10.2 Å². The number of fused-ring (bicyclic) bond motifs is 1. The smallest absolute Gasteiger partial charge is 0.188 e. The molecule has 0 fully saturated rings. The van der Waals surface area contributed by atoms with Crippen molar-refractivity contribution in [1.29, 1.82) is 0 Å². The molecule has 1 heterocycles. The molecule has 0 bridgehead atoms. The lowest BCUT2D eigenvalue weighted by atomic mass is 10.3. The first-order valence-corrected chi connectivity index (χ1v) is 6.50. The Balaban J connectivity index is 2.01. The van der Waals surface area contributed by atoms with E-state index in [9.17, 15) is 4.39 Å². The molecule has 2 nitrogen and oxygen atoms in total. The molecule has 0 aliphatic heterocycles.